The molecule has 1 saturated carbocycles. The third-order valence-corrected chi connectivity index (χ3v) is 9.04. The maximum absolute atomic E-state index is 14.2. The quantitative estimate of drug-likeness (QED) is 0.316. The van der Waals surface area contributed by atoms with E-state index in [0.29, 0.717) is 12.1 Å². The highest BCUT2D eigenvalue weighted by molar-refractivity contribution is 9.10. The average Bonchev–Trinajstić information content (AvgIpc) is 3.44. The predicted molar refractivity (Wildman–Crippen MR) is 162 cm³/mol. The smallest absolute Gasteiger partial charge is 0.244 e. The molecule has 9 heteroatoms. The van der Waals surface area contributed by atoms with Crippen molar-refractivity contribution in [2.45, 2.75) is 57.7 Å². The van der Waals surface area contributed by atoms with Crippen molar-refractivity contribution in [1.29, 1.82) is 0 Å². The van der Waals surface area contributed by atoms with Crippen LogP contribution in [0.2, 0.25) is 0 Å². The van der Waals surface area contributed by atoms with Gasteiger partial charge in [-0.15, -0.1) is 0 Å². The number of aryl methyl sites for hydroxylation is 1. The summed E-state index contributed by atoms with van der Waals surface area (Å²) in [6.07, 6.45) is 5.37. The Hall–Kier alpha value is -3.17. The molecule has 0 saturated heterocycles. The molecule has 0 heterocycles. The Kier molecular flexibility index (Phi) is 10.0. The van der Waals surface area contributed by atoms with E-state index in [-0.39, 0.29) is 18.5 Å². The number of benzene rings is 3. The fraction of sp³-hybridized carbons (Fsp3) is 0.355. The minimum atomic E-state index is -3.79. The molecule has 3 aromatic carbocycles. The van der Waals surface area contributed by atoms with E-state index >= 15 is 0 Å². The van der Waals surface area contributed by atoms with Crippen LogP contribution in [0.5, 0.6) is 0 Å². The first kappa shape index (κ1) is 29.8. The van der Waals surface area contributed by atoms with Crippen LogP contribution in [0.3, 0.4) is 0 Å². The zero-order valence-electron chi connectivity index (χ0n) is 22.9. The maximum Gasteiger partial charge on any atom is 0.244 e. The summed E-state index contributed by atoms with van der Waals surface area (Å²) < 4.78 is 27.6. The van der Waals surface area contributed by atoms with Crippen molar-refractivity contribution >= 4 is 43.5 Å². The number of nitrogens with one attached hydrogen (secondary N) is 1. The number of anilines is 1. The third-order valence-electron chi connectivity index (χ3n) is 7.37. The lowest BCUT2D eigenvalue weighted by atomic mass is 10.0. The van der Waals surface area contributed by atoms with Gasteiger partial charge in [0.1, 0.15) is 12.6 Å². The van der Waals surface area contributed by atoms with E-state index in [9.17, 15) is 18.0 Å². The van der Waals surface area contributed by atoms with Gasteiger partial charge in [0.25, 0.3) is 0 Å². The standard InChI is InChI=1S/C31H36BrN3O4S/c1-23-10-6-7-13-25(23)21-34(30(36)22-35(40(2,38)39)28-18-16-26(32)17-19-28)29(20-24-11-4-3-5-12-24)31(37)33-27-14-8-9-15-27/h3-7,10-13,16-19,27,29H,8-9,14-15,20-22H2,1-2H3,(H,33,37)/t29-/m0/s1. The number of amides is 2. The van der Waals surface area contributed by atoms with Crippen LogP contribution in [-0.4, -0.2) is 50.0 Å². The van der Waals surface area contributed by atoms with Gasteiger partial charge in [-0.3, -0.25) is 13.9 Å². The van der Waals surface area contributed by atoms with Crippen LogP contribution >= 0.6 is 15.9 Å². The summed E-state index contributed by atoms with van der Waals surface area (Å²) in [5.41, 5.74) is 3.19. The summed E-state index contributed by atoms with van der Waals surface area (Å²) in [5.74, 6) is -0.661. The van der Waals surface area contributed by atoms with Crippen LogP contribution in [0.15, 0.2) is 83.3 Å². The number of halogens is 1. The van der Waals surface area contributed by atoms with Gasteiger partial charge in [0, 0.05) is 23.5 Å². The second-order valence-corrected chi connectivity index (χ2v) is 13.2. The Bertz CT molecular complexity index is 1410. The van der Waals surface area contributed by atoms with E-state index in [1.165, 1.54) is 0 Å². The summed E-state index contributed by atoms with van der Waals surface area (Å²) in [7, 11) is -3.79. The van der Waals surface area contributed by atoms with Gasteiger partial charge in [-0.25, -0.2) is 8.42 Å². The number of nitrogens with zero attached hydrogens (tertiary/aromatic N) is 2. The monoisotopic (exact) mass is 625 g/mol. The third kappa shape index (κ3) is 7.95. The summed E-state index contributed by atoms with van der Waals surface area (Å²) in [4.78, 5) is 29.6. The number of sulfonamides is 1. The van der Waals surface area contributed by atoms with Gasteiger partial charge in [0.05, 0.1) is 11.9 Å². The Morgan fingerprint density at radius 1 is 0.950 bits per heavy atom. The zero-order chi connectivity index (χ0) is 28.7. The molecule has 0 spiro atoms. The topological polar surface area (TPSA) is 86.8 Å². The molecule has 0 unspecified atom stereocenters. The van der Waals surface area contributed by atoms with Gasteiger partial charge in [-0.2, -0.15) is 0 Å². The van der Waals surface area contributed by atoms with Crippen molar-refractivity contribution in [3.63, 3.8) is 0 Å². The molecule has 0 radical (unpaired) electrons. The molecule has 3 aromatic rings. The van der Waals surface area contributed by atoms with E-state index in [1.54, 1.807) is 29.2 Å². The molecular formula is C31H36BrN3O4S. The number of carbonyl (C=O) groups is 2. The van der Waals surface area contributed by atoms with Crippen LogP contribution in [0.1, 0.15) is 42.4 Å². The zero-order valence-corrected chi connectivity index (χ0v) is 25.3. The van der Waals surface area contributed by atoms with Crippen LogP contribution in [0.4, 0.5) is 5.69 Å². The molecular weight excluding hydrogens is 590 g/mol. The van der Waals surface area contributed by atoms with E-state index in [4.69, 9.17) is 0 Å². The Labute approximate surface area is 245 Å². The molecule has 4 rings (SSSR count). The van der Waals surface area contributed by atoms with Crippen molar-refractivity contribution in [2.24, 2.45) is 0 Å². The second kappa shape index (κ2) is 13.5. The minimum Gasteiger partial charge on any atom is -0.352 e. The van der Waals surface area contributed by atoms with Crippen LogP contribution in [-0.2, 0) is 32.6 Å². The van der Waals surface area contributed by atoms with Gasteiger partial charge < -0.3 is 10.2 Å². The van der Waals surface area contributed by atoms with E-state index in [0.717, 1.165) is 57.4 Å². The van der Waals surface area contributed by atoms with Crippen LogP contribution < -0.4 is 9.62 Å². The Morgan fingerprint density at radius 2 is 1.57 bits per heavy atom. The highest BCUT2D eigenvalue weighted by Crippen LogP contribution is 2.24. The van der Waals surface area contributed by atoms with Crippen molar-refractivity contribution in [3.05, 3.63) is 100 Å². The van der Waals surface area contributed by atoms with Gasteiger partial charge >= 0.3 is 0 Å². The molecule has 2 amide bonds. The lowest BCUT2D eigenvalue weighted by Gasteiger charge is -2.34. The van der Waals surface area contributed by atoms with Crippen molar-refractivity contribution in [1.82, 2.24) is 10.2 Å². The first-order valence-electron chi connectivity index (χ1n) is 13.5. The molecule has 40 heavy (non-hydrogen) atoms. The lowest BCUT2D eigenvalue weighted by Crippen LogP contribution is -2.54. The van der Waals surface area contributed by atoms with Crippen molar-refractivity contribution < 1.29 is 18.0 Å². The average molecular weight is 627 g/mol. The minimum absolute atomic E-state index is 0.0801. The van der Waals surface area contributed by atoms with Gasteiger partial charge in [0.2, 0.25) is 21.8 Å². The SMILES string of the molecule is Cc1ccccc1CN(C(=O)CN(c1ccc(Br)cc1)S(C)(=O)=O)[C@@H](Cc1ccccc1)C(=O)NC1CCCC1. The molecule has 1 N–H and O–H groups in total. The molecule has 0 aliphatic heterocycles. The van der Waals surface area contributed by atoms with E-state index < -0.39 is 28.5 Å². The number of hydrogen-bond acceptors (Lipinski definition) is 4. The Morgan fingerprint density at radius 3 is 2.20 bits per heavy atom. The fourth-order valence-electron chi connectivity index (χ4n) is 5.11. The summed E-state index contributed by atoms with van der Waals surface area (Å²) >= 11 is 3.38. The normalized spacial score (nSPS) is 14.5. The highest BCUT2D eigenvalue weighted by atomic mass is 79.9. The molecule has 0 bridgehead atoms. The molecule has 1 aliphatic rings. The number of hydrogen-bond donors (Lipinski definition) is 1. The predicted octanol–water partition coefficient (Wildman–Crippen LogP) is 5.22. The van der Waals surface area contributed by atoms with E-state index in [1.807, 2.05) is 61.5 Å². The number of rotatable bonds is 11. The van der Waals surface area contributed by atoms with Gasteiger partial charge in [0.15, 0.2) is 0 Å². The Balaban J connectivity index is 1.72. The van der Waals surface area contributed by atoms with E-state index in [2.05, 4.69) is 21.2 Å². The number of carbonyl (C=O) groups excluding carboxylic acids is 2. The molecule has 7 nitrogen and oxygen atoms in total. The molecule has 0 aromatic heterocycles. The van der Waals surface area contributed by atoms with Crippen LogP contribution in [0, 0.1) is 6.92 Å². The molecule has 1 fully saturated rings. The first-order valence-corrected chi connectivity index (χ1v) is 16.2. The van der Waals surface area contributed by atoms with Crippen molar-refractivity contribution in [3.8, 4) is 0 Å². The maximum atomic E-state index is 14.2. The summed E-state index contributed by atoms with van der Waals surface area (Å²) in [5, 5.41) is 3.19. The van der Waals surface area contributed by atoms with Gasteiger partial charge in [-0.05, 0) is 60.7 Å². The molecule has 212 valence electrons. The fourth-order valence-corrected chi connectivity index (χ4v) is 6.23. The largest absolute Gasteiger partial charge is 0.352 e. The van der Waals surface area contributed by atoms with Crippen molar-refractivity contribution in [2.75, 3.05) is 17.1 Å². The van der Waals surface area contributed by atoms with Gasteiger partial charge in [-0.1, -0.05) is 83.4 Å². The molecule has 1 atom stereocenters. The van der Waals surface area contributed by atoms with Crippen LogP contribution in [0.25, 0.3) is 0 Å². The first-order chi connectivity index (χ1) is 19.1. The second-order valence-electron chi connectivity index (χ2n) is 10.4. The highest BCUT2D eigenvalue weighted by Gasteiger charge is 2.34. The summed E-state index contributed by atoms with van der Waals surface area (Å²) in [6, 6.07) is 23.4. The molecule has 1 aliphatic carbocycles. The summed E-state index contributed by atoms with van der Waals surface area (Å²) in [6.45, 7) is 1.72. The lowest BCUT2D eigenvalue weighted by molar-refractivity contribution is -0.140.